The Morgan fingerprint density at radius 2 is 2.05 bits per heavy atom. The molecule has 0 aliphatic carbocycles. The zero-order valence-corrected chi connectivity index (χ0v) is 11.9. The number of carbonyl (C=O) groups is 1. The smallest absolute Gasteiger partial charge is 0.370 e. The summed E-state index contributed by atoms with van der Waals surface area (Å²) in [5, 5.41) is 8.66. The van der Waals surface area contributed by atoms with Crippen molar-refractivity contribution >= 4 is 12.0 Å². The molecule has 0 radical (unpaired) electrons. The summed E-state index contributed by atoms with van der Waals surface area (Å²) in [6.45, 7) is 4.42. The van der Waals surface area contributed by atoms with Crippen LogP contribution in [0.15, 0.2) is 18.2 Å². The van der Waals surface area contributed by atoms with E-state index in [1.807, 2.05) is 19.9 Å². The second-order valence-electron chi connectivity index (χ2n) is 5.14. The number of benzene rings is 1. The quantitative estimate of drug-likeness (QED) is 0.748. The van der Waals surface area contributed by atoms with Crippen molar-refractivity contribution in [3.8, 4) is 6.07 Å². The number of aldehydes is 1. The van der Waals surface area contributed by atoms with Gasteiger partial charge >= 0.3 is 6.18 Å². The van der Waals surface area contributed by atoms with E-state index in [1.165, 1.54) is 12.1 Å². The number of carbonyl (C=O) groups excluding carboxylic acids is 1. The highest BCUT2D eigenvalue weighted by Crippen LogP contribution is 2.37. The van der Waals surface area contributed by atoms with Gasteiger partial charge in [0, 0.05) is 24.3 Å². The minimum atomic E-state index is -4.55. The molecule has 21 heavy (non-hydrogen) atoms. The Labute approximate surface area is 122 Å². The predicted octanol–water partition coefficient (Wildman–Crippen LogP) is 3.89. The van der Waals surface area contributed by atoms with Crippen LogP contribution in [-0.4, -0.2) is 19.4 Å². The van der Waals surface area contributed by atoms with Crippen LogP contribution >= 0.6 is 0 Å². The van der Waals surface area contributed by atoms with Crippen LogP contribution in [0, 0.1) is 17.2 Å². The van der Waals surface area contributed by atoms with Gasteiger partial charge in [-0.1, -0.05) is 13.8 Å². The Bertz CT molecular complexity index is 533. The van der Waals surface area contributed by atoms with Gasteiger partial charge in [-0.15, -0.1) is 0 Å². The molecule has 0 atom stereocenters. The van der Waals surface area contributed by atoms with Crippen LogP contribution in [0.3, 0.4) is 0 Å². The van der Waals surface area contributed by atoms with Gasteiger partial charge in [0.25, 0.3) is 0 Å². The average molecular weight is 298 g/mol. The van der Waals surface area contributed by atoms with E-state index in [4.69, 9.17) is 5.26 Å². The summed E-state index contributed by atoms with van der Waals surface area (Å²) in [6, 6.07) is 5.45. The van der Waals surface area contributed by atoms with E-state index in [2.05, 4.69) is 0 Å². The van der Waals surface area contributed by atoms with Crippen molar-refractivity contribution in [1.29, 1.82) is 5.26 Å². The Balaban J connectivity index is 3.28. The van der Waals surface area contributed by atoms with Crippen molar-refractivity contribution in [3.63, 3.8) is 0 Å². The second-order valence-corrected chi connectivity index (χ2v) is 5.14. The van der Waals surface area contributed by atoms with Gasteiger partial charge in [0.2, 0.25) is 0 Å². The molecule has 6 heteroatoms. The highest BCUT2D eigenvalue weighted by atomic mass is 19.4. The lowest BCUT2D eigenvalue weighted by molar-refractivity contribution is -0.137. The third kappa shape index (κ3) is 4.78. The van der Waals surface area contributed by atoms with Crippen LogP contribution in [0.5, 0.6) is 0 Å². The van der Waals surface area contributed by atoms with Crippen molar-refractivity contribution in [2.24, 2.45) is 5.92 Å². The fraction of sp³-hybridized carbons (Fsp3) is 0.467. The van der Waals surface area contributed by atoms with Gasteiger partial charge < -0.3 is 4.90 Å². The highest BCUT2D eigenvalue weighted by Gasteiger charge is 2.35. The first-order chi connectivity index (χ1) is 9.79. The van der Waals surface area contributed by atoms with E-state index >= 15 is 0 Å². The SMILES string of the molecule is CC(C)CN(CCC#N)c1ccc(C=O)cc1C(F)(F)F. The second kappa shape index (κ2) is 7.11. The molecule has 0 saturated heterocycles. The molecule has 0 aliphatic heterocycles. The van der Waals surface area contributed by atoms with Crippen molar-refractivity contribution < 1.29 is 18.0 Å². The molecule has 3 nitrogen and oxygen atoms in total. The first kappa shape index (κ1) is 17.0. The number of nitriles is 1. The first-order valence-corrected chi connectivity index (χ1v) is 6.58. The number of anilines is 1. The zero-order valence-electron chi connectivity index (χ0n) is 11.9. The van der Waals surface area contributed by atoms with E-state index < -0.39 is 11.7 Å². The van der Waals surface area contributed by atoms with Gasteiger partial charge in [-0.05, 0) is 24.1 Å². The zero-order chi connectivity index (χ0) is 16.0. The van der Waals surface area contributed by atoms with Crippen molar-refractivity contribution in [1.82, 2.24) is 0 Å². The lowest BCUT2D eigenvalue weighted by atomic mass is 10.1. The van der Waals surface area contributed by atoms with Crippen LogP contribution in [0.25, 0.3) is 0 Å². The van der Waals surface area contributed by atoms with E-state index in [9.17, 15) is 18.0 Å². The predicted molar refractivity (Wildman–Crippen MR) is 74.1 cm³/mol. The molecule has 114 valence electrons. The number of nitrogens with zero attached hydrogens (tertiary/aromatic N) is 2. The fourth-order valence-electron chi connectivity index (χ4n) is 2.07. The van der Waals surface area contributed by atoms with Gasteiger partial charge in [-0.2, -0.15) is 18.4 Å². The summed E-state index contributed by atoms with van der Waals surface area (Å²) < 4.78 is 39.5. The largest absolute Gasteiger partial charge is 0.418 e. The van der Waals surface area contributed by atoms with Crippen molar-refractivity contribution in [2.45, 2.75) is 26.4 Å². The lowest BCUT2D eigenvalue weighted by Crippen LogP contribution is -2.30. The van der Waals surface area contributed by atoms with Crippen LogP contribution in [0.4, 0.5) is 18.9 Å². The molecule has 0 amide bonds. The molecule has 0 aliphatic rings. The van der Waals surface area contributed by atoms with Gasteiger partial charge in [0.1, 0.15) is 6.29 Å². The van der Waals surface area contributed by atoms with Gasteiger partial charge in [0.05, 0.1) is 18.1 Å². The molecule has 0 spiro atoms. The number of alkyl halides is 3. The number of hydrogen-bond donors (Lipinski definition) is 0. The Kier molecular flexibility index (Phi) is 5.77. The maximum Gasteiger partial charge on any atom is 0.418 e. The fourth-order valence-corrected chi connectivity index (χ4v) is 2.07. The molecule has 0 heterocycles. The third-order valence-corrected chi connectivity index (χ3v) is 2.88. The molecular formula is C15H17F3N2O. The third-order valence-electron chi connectivity index (χ3n) is 2.88. The Morgan fingerprint density at radius 1 is 1.38 bits per heavy atom. The molecule has 0 N–H and O–H groups in total. The summed E-state index contributed by atoms with van der Waals surface area (Å²) in [7, 11) is 0. The average Bonchev–Trinajstić information content (AvgIpc) is 2.41. The normalized spacial score (nSPS) is 11.3. The monoisotopic (exact) mass is 298 g/mol. The molecule has 0 bridgehead atoms. The Hall–Kier alpha value is -2.03. The maximum absolute atomic E-state index is 13.2. The van der Waals surface area contributed by atoms with Crippen molar-refractivity contribution in [2.75, 3.05) is 18.0 Å². The highest BCUT2D eigenvalue weighted by molar-refractivity contribution is 5.77. The molecule has 1 aromatic carbocycles. The standard InChI is InChI=1S/C15H17F3N2O/c1-11(2)9-20(7-3-6-19)14-5-4-12(10-21)8-13(14)15(16,17)18/h4-5,8,10-11H,3,7,9H2,1-2H3. The minimum Gasteiger partial charge on any atom is -0.370 e. The number of hydrogen-bond acceptors (Lipinski definition) is 3. The van der Waals surface area contributed by atoms with Gasteiger partial charge in [-0.3, -0.25) is 4.79 Å². The van der Waals surface area contributed by atoms with E-state index in [-0.39, 0.29) is 30.1 Å². The molecule has 1 aromatic rings. The minimum absolute atomic E-state index is 0.0112. The summed E-state index contributed by atoms with van der Waals surface area (Å²) in [5.41, 5.74) is -0.849. The van der Waals surface area contributed by atoms with Crippen LogP contribution in [0.2, 0.25) is 0 Å². The first-order valence-electron chi connectivity index (χ1n) is 6.58. The van der Waals surface area contributed by atoms with E-state index in [1.54, 1.807) is 4.90 Å². The summed E-state index contributed by atoms with van der Waals surface area (Å²) in [4.78, 5) is 12.2. The topological polar surface area (TPSA) is 44.1 Å². The summed E-state index contributed by atoms with van der Waals surface area (Å²) in [6.07, 6.45) is -4.02. The molecule has 1 rings (SSSR count). The van der Waals surface area contributed by atoms with Crippen LogP contribution in [0.1, 0.15) is 36.2 Å². The molecule has 0 fully saturated rings. The van der Waals surface area contributed by atoms with E-state index in [0.29, 0.717) is 12.8 Å². The van der Waals surface area contributed by atoms with E-state index in [0.717, 1.165) is 6.07 Å². The summed E-state index contributed by atoms with van der Waals surface area (Å²) >= 11 is 0. The lowest BCUT2D eigenvalue weighted by Gasteiger charge is -2.28. The molecule has 0 aromatic heterocycles. The molecule has 0 saturated carbocycles. The van der Waals surface area contributed by atoms with Crippen LogP contribution in [-0.2, 0) is 6.18 Å². The summed E-state index contributed by atoms with van der Waals surface area (Å²) in [5.74, 6) is 0.149. The maximum atomic E-state index is 13.2. The molecule has 0 unspecified atom stereocenters. The van der Waals surface area contributed by atoms with Crippen molar-refractivity contribution in [3.05, 3.63) is 29.3 Å². The number of halogens is 3. The molecular weight excluding hydrogens is 281 g/mol. The van der Waals surface area contributed by atoms with Gasteiger partial charge in [-0.25, -0.2) is 0 Å². The van der Waals surface area contributed by atoms with Gasteiger partial charge in [0.15, 0.2) is 0 Å². The van der Waals surface area contributed by atoms with Crippen LogP contribution < -0.4 is 4.90 Å². The number of rotatable bonds is 6. The Morgan fingerprint density at radius 3 is 2.52 bits per heavy atom.